The summed E-state index contributed by atoms with van der Waals surface area (Å²) in [7, 11) is 0. The first-order valence-corrected chi connectivity index (χ1v) is 7.41. The Bertz CT molecular complexity index is 465. The number of nitrogens with zero attached hydrogens (tertiary/aromatic N) is 1. The van der Waals surface area contributed by atoms with Gasteiger partial charge in [-0.3, -0.25) is 4.90 Å². The molecule has 0 saturated carbocycles. The molecule has 1 aliphatic heterocycles. The van der Waals surface area contributed by atoms with Crippen LogP contribution in [0.5, 0.6) is 5.75 Å². The number of nitrogens with two attached hydrogens (primary N) is 1. The van der Waals surface area contributed by atoms with Crippen molar-refractivity contribution >= 4 is 5.69 Å². The third kappa shape index (κ3) is 5.19. The van der Waals surface area contributed by atoms with Gasteiger partial charge in [0, 0.05) is 31.4 Å². The minimum atomic E-state index is -0.535. The van der Waals surface area contributed by atoms with Gasteiger partial charge in [-0.05, 0) is 32.9 Å². The van der Waals surface area contributed by atoms with Gasteiger partial charge in [-0.25, -0.2) is 0 Å². The number of anilines is 1. The molecule has 5 heteroatoms. The fraction of sp³-hybridized carbons (Fsp3) is 0.625. The number of aliphatic hydroxyl groups excluding tert-OH is 1. The lowest BCUT2D eigenvalue weighted by molar-refractivity contribution is -0.134. The summed E-state index contributed by atoms with van der Waals surface area (Å²) in [4.78, 5) is 2.22. The van der Waals surface area contributed by atoms with Crippen LogP contribution in [0, 0.1) is 0 Å². The van der Waals surface area contributed by atoms with E-state index in [9.17, 15) is 5.11 Å². The van der Waals surface area contributed by atoms with Crippen molar-refractivity contribution in [3.63, 3.8) is 0 Å². The highest BCUT2D eigenvalue weighted by Gasteiger charge is 2.31. The van der Waals surface area contributed by atoms with Gasteiger partial charge in [-0.2, -0.15) is 0 Å². The average Bonchev–Trinajstić information content (AvgIpc) is 2.34. The predicted molar refractivity (Wildman–Crippen MR) is 83.4 cm³/mol. The maximum absolute atomic E-state index is 10.1. The summed E-state index contributed by atoms with van der Waals surface area (Å²) in [6.45, 7) is 8.70. The number of β-amino-alcohol motifs (C(OH)–C–C–N with tert-alkyl or cyclic N) is 1. The van der Waals surface area contributed by atoms with Crippen LogP contribution in [0.2, 0.25) is 0 Å². The molecule has 2 rings (SSSR count). The molecule has 5 nitrogen and oxygen atoms in total. The Labute approximate surface area is 126 Å². The van der Waals surface area contributed by atoms with Crippen molar-refractivity contribution < 1.29 is 14.6 Å². The second-order valence-electron chi connectivity index (χ2n) is 6.42. The largest absolute Gasteiger partial charge is 0.491 e. The van der Waals surface area contributed by atoms with E-state index in [1.54, 1.807) is 12.1 Å². The van der Waals surface area contributed by atoms with Gasteiger partial charge in [0.25, 0.3) is 0 Å². The zero-order chi connectivity index (χ0) is 15.5. The molecule has 1 aromatic carbocycles. The third-order valence-electron chi connectivity index (χ3n) is 3.41. The first kappa shape index (κ1) is 16.1. The molecule has 1 heterocycles. The fourth-order valence-electron chi connectivity index (χ4n) is 2.87. The van der Waals surface area contributed by atoms with Crippen LogP contribution < -0.4 is 10.5 Å². The molecule has 3 N–H and O–H groups in total. The SMILES string of the molecule is CC1CN(CC(O)COc2cccc(N)c2)CC(C)(C)O1. The molecular formula is C16H26N2O3. The third-order valence-corrected chi connectivity index (χ3v) is 3.41. The van der Waals surface area contributed by atoms with E-state index in [1.807, 2.05) is 12.1 Å². The van der Waals surface area contributed by atoms with Gasteiger partial charge in [0.15, 0.2) is 0 Å². The Kier molecular flexibility index (Phi) is 5.08. The summed E-state index contributed by atoms with van der Waals surface area (Å²) in [6.07, 6.45) is -0.358. The first-order chi connectivity index (χ1) is 9.84. The lowest BCUT2D eigenvalue weighted by Crippen LogP contribution is -2.53. The molecule has 1 aromatic rings. The Morgan fingerprint density at radius 1 is 1.52 bits per heavy atom. The maximum Gasteiger partial charge on any atom is 0.121 e. The van der Waals surface area contributed by atoms with Crippen LogP contribution in [0.3, 0.4) is 0 Å². The number of morpholine rings is 1. The molecule has 0 radical (unpaired) electrons. The summed E-state index contributed by atoms with van der Waals surface area (Å²) < 4.78 is 11.4. The van der Waals surface area contributed by atoms with Crippen LogP contribution in [0.15, 0.2) is 24.3 Å². The van der Waals surface area contributed by atoms with E-state index in [1.165, 1.54) is 0 Å². The van der Waals surface area contributed by atoms with E-state index in [4.69, 9.17) is 15.2 Å². The number of ether oxygens (including phenoxy) is 2. The van der Waals surface area contributed by atoms with Gasteiger partial charge in [0.2, 0.25) is 0 Å². The molecule has 1 fully saturated rings. The second-order valence-corrected chi connectivity index (χ2v) is 6.42. The summed E-state index contributed by atoms with van der Waals surface area (Å²) >= 11 is 0. The lowest BCUT2D eigenvalue weighted by atomic mass is 10.1. The van der Waals surface area contributed by atoms with Crippen LogP contribution in [0.25, 0.3) is 0 Å². The van der Waals surface area contributed by atoms with E-state index in [0.29, 0.717) is 18.0 Å². The molecule has 2 atom stereocenters. The Morgan fingerprint density at radius 2 is 2.29 bits per heavy atom. The van der Waals surface area contributed by atoms with E-state index < -0.39 is 6.10 Å². The normalized spacial score (nSPS) is 23.7. The second kappa shape index (κ2) is 6.64. The van der Waals surface area contributed by atoms with Crippen LogP contribution in [0.4, 0.5) is 5.69 Å². The summed E-state index contributed by atoms with van der Waals surface area (Å²) in [5, 5.41) is 10.1. The number of hydrogen-bond acceptors (Lipinski definition) is 5. The summed E-state index contributed by atoms with van der Waals surface area (Å²) in [6, 6.07) is 7.24. The van der Waals surface area contributed by atoms with E-state index in [-0.39, 0.29) is 18.3 Å². The van der Waals surface area contributed by atoms with Crippen LogP contribution in [-0.2, 0) is 4.74 Å². The first-order valence-electron chi connectivity index (χ1n) is 7.41. The molecule has 21 heavy (non-hydrogen) atoms. The molecule has 0 amide bonds. The van der Waals surface area contributed by atoms with E-state index in [0.717, 1.165) is 13.1 Å². The standard InChI is InChI=1S/C16H26N2O3/c1-12-8-18(11-16(2,3)21-12)9-14(19)10-20-15-6-4-5-13(17)7-15/h4-7,12,14,19H,8-11,17H2,1-3H3. The molecule has 0 aromatic heterocycles. The molecule has 0 spiro atoms. The number of aliphatic hydroxyl groups is 1. The Balaban J connectivity index is 1.80. The van der Waals surface area contributed by atoms with Crippen molar-refractivity contribution in [3.8, 4) is 5.75 Å². The van der Waals surface area contributed by atoms with Crippen molar-refractivity contribution in [2.75, 3.05) is 32.0 Å². The lowest BCUT2D eigenvalue weighted by Gasteiger charge is -2.42. The van der Waals surface area contributed by atoms with Gasteiger partial charge in [-0.15, -0.1) is 0 Å². The van der Waals surface area contributed by atoms with E-state index >= 15 is 0 Å². The number of benzene rings is 1. The fourth-order valence-corrected chi connectivity index (χ4v) is 2.87. The maximum atomic E-state index is 10.1. The quantitative estimate of drug-likeness (QED) is 0.806. The van der Waals surface area contributed by atoms with Gasteiger partial charge in [0.05, 0.1) is 11.7 Å². The van der Waals surface area contributed by atoms with Crippen molar-refractivity contribution in [2.24, 2.45) is 0 Å². The molecule has 2 unspecified atom stereocenters. The highest BCUT2D eigenvalue weighted by atomic mass is 16.5. The van der Waals surface area contributed by atoms with Crippen molar-refractivity contribution in [1.29, 1.82) is 0 Å². The van der Waals surface area contributed by atoms with Crippen LogP contribution in [0.1, 0.15) is 20.8 Å². The topological polar surface area (TPSA) is 68.0 Å². The van der Waals surface area contributed by atoms with Gasteiger partial charge < -0.3 is 20.3 Å². The highest BCUT2D eigenvalue weighted by molar-refractivity contribution is 5.43. The molecule has 118 valence electrons. The minimum absolute atomic E-state index is 0.174. The molecule has 1 saturated heterocycles. The molecule has 0 aliphatic carbocycles. The Morgan fingerprint density at radius 3 is 2.95 bits per heavy atom. The van der Waals surface area contributed by atoms with Crippen LogP contribution in [-0.4, -0.2) is 54.1 Å². The minimum Gasteiger partial charge on any atom is -0.491 e. The van der Waals surface area contributed by atoms with Crippen molar-refractivity contribution in [3.05, 3.63) is 24.3 Å². The van der Waals surface area contributed by atoms with Crippen molar-refractivity contribution in [1.82, 2.24) is 4.90 Å². The zero-order valence-electron chi connectivity index (χ0n) is 13.1. The summed E-state index contributed by atoms with van der Waals surface area (Å²) in [5.74, 6) is 0.685. The number of nitrogen functional groups attached to an aromatic ring is 1. The Hall–Kier alpha value is -1.30. The highest BCUT2D eigenvalue weighted by Crippen LogP contribution is 2.21. The van der Waals surface area contributed by atoms with E-state index in [2.05, 4.69) is 25.7 Å². The molecular weight excluding hydrogens is 268 g/mol. The molecule has 1 aliphatic rings. The van der Waals surface area contributed by atoms with Gasteiger partial charge in [-0.1, -0.05) is 6.07 Å². The zero-order valence-corrected chi connectivity index (χ0v) is 13.1. The van der Waals surface area contributed by atoms with Gasteiger partial charge >= 0.3 is 0 Å². The average molecular weight is 294 g/mol. The van der Waals surface area contributed by atoms with Gasteiger partial charge in [0.1, 0.15) is 18.5 Å². The smallest absolute Gasteiger partial charge is 0.121 e. The van der Waals surface area contributed by atoms with Crippen molar-refractivity contribution in [2.45, 2.75) is 38.6 Å². The predicted octanol–water partition coefficient (Wildman–Crippen LogP) is 1.51. The molecule has 0 bridgehead atoms. The van der Waals surface area contributed by atoms with Crippen LogP contribution >= 0.6 is 0 Å². The monoisotopic (exact) mass is 294 g/mol. The summed E-state index contributed by atoms with van der Waals surface area (Å²) in [5.41, 5.74) is 6.18. The number of rotatable bonds is 5. The number of hydrogen-bond donors (Lipinski definition) is 2.